The quantitative estimate of drug-likeness (QED) is 0.813. The Kier molecular flexibility index (Phi) is 5.20. The lowest BCUT2D eigenvalue weighted by Crippen LogP contribution is -2.35. The number of rotatable bonds is 5. The molecular formula is C10H15F3O4. The average Bonchev–Trinajstić information content (AvgIpc) is 2.23. The summed E-state index contributed by atoms with van der Waals surface area (Å²) in [6.45, 7) is 0.491. The Balaban J connectivity index is 2.29. The van der Waals surface area contributed by atoms with Gasteiger partial charge in [-0.25, -0.2) is 0 Å². The van der Waals surface area contributed by atoms with Crippen LogP contribution < -0.4 is 0 Å². The SMILES string of the molecule is O=C(O)C(COCC1CCOCC1)C(F)(F)F. The highest BCUT2D eigenvalue weighted by molar-refractivity contribution is 5.71. The zero-order chi connectivity index (χ0) is 12.9. The van der Waals surface area contributed by atoms with Crippen molar-refractivity contribution in [2.24, 2.45) is 11.8 Å². The first-order chi connectivity index (χ1) is 7.91. The first-order valence-electron chi connectivity index (χ1n) is 5.36. The molecule has 0 bridgehead atoms. The highest BCUT2D eigenvalue weighted by Crippen LogP contribution is 2.27. The number of hydrogen-bond donors (Lipinski definition) is 1. The molecule has 0 aromatic heterocycles. The van der Waals surface area contributed by atoms with E-state index in [1.54, 1.807) is 0 Å². The van der Waals surface area contributed by atoms with E-state index < -0.39 is 24.7 Å². The molecule has 4 nitrogen and oxygen atoms in total. The largest absolute Gasteiger partial charge is 0.481 e. The molecule has 1 heterocycles. The number of aliphatic carboxylic acids is 1. The van der Waals surface area contributed by atoms with Gasteiger partial charge >= 0.3 is 12.1 Å². The van der Waals surface area contributed by atoms with Gasteiger partial charge in [0.2, 0.25) is 0 Å². The number of hydrogen-bond acceptors (Lipinski definition) is 3. The molecule has 1 rings (SSSR count). The van der Waals surface area contributed by atoms with Gasteiger partial charge in [0.25, 0.3) is 0 Å². The van der Waals surface area contributed by atoms with Crippen molar-refractivity contribution in [3.63, 3.8) is 0 Å². The van der Waals surface area contributed by atoms with Crippen LogP contribution in [-0.2, 0) is 14.3 Å². The third-order valence-corrected chi connectivity index (χ3v) is 2.67. The van der Waals surface area contributed by atoms with Crippen molar-refractivity contribution in [2.45, 2.75) is 19.0 Å². The highest BCUT2D eigenvalue weighted by atomic mass is 19.4. The maximum absolute atomic E-state index is 12.3. The van der Waals surface area contributed by atoms with E-state index in [1.165, 1.54) is 0 Å². The van der Waals surface area contributed by atoms with Crippen molar-refractivity contribution in [3.8, 4) is 0 Å². The van der Waals surface area contributed by atoms with Crippen molar-refractivity contribution >= 4 is 5.97 Å². The first-order valence-corrected chi connectivity index (χ1v) is 5.36. The van der Waals surface area contributed by atoms with E-state index >= 15 is 0 Å². The van der Waals surface area contributed by atoms with E-state index in [0.717, 1.165) is 12.8 Å². The van der Waals surface area contributed by atoms with Gasteiger partial charge in [0.1, 0.15) is 0 Å². The summed E-state index contributed by atoms with van der Waals surface area (Å²) in [5, 5.41) is 8.43. The zero-order valence-electron chi connectivity index (χ0n) is 9.20. The zero-order valence-corrected chi connectivity index (χ0v) is 9.20. The number of halogens is 3. The van der Waals surface area contributed by atoms with Gasteiger partial charge in [0.15, 0.2) is 5.92 Å². The number of carboxylic acid groups (broad SMARTS) is 1. The maximum Gasteiger partial charge on any atom is 0.404 e. The average molecular weight is 256 g/mol. The molecular weight excluding hydrogens is 241 g/mol. The van der Waals surface area contributed by atoms with Crippen LogP contribution in [0.5, 0.6) is 0 Å². The van der Waals surface area contributed by atoms with Crippen LogP contribution in [0.4, 0.5) is 13.2 Å². The Morgan fingerprint density at radius 3 is 2.47 bits per heavy atom. The minimum Gasteiger partial charge on any atom is -0.481 e. The molecule has 0 saturated carbocycles. The summed E-state index contributed by atoms with van der Waals surface area (Å²) < 4.78 is 46.7. The fraction of sp³-hybridized carbons (Fsp3) is 0.900. The van der Waals surface area contributed by atoms with Crippen molar-refractivity contribution in [1.29, 1.82) is 0 Å². The summed E-state index contributed by atoms with van der Waals surface area (Å²) in [7, 11) is 0. The van der Waals surface area contributed by atoms with Crippen LogP contribution in [0.1, 0.15) is 12.8 Å². The lowest BCUT2D eigenvalue weighted by Gasteiger charge is -2.23. The Morgan fingerprint density at radius 2 is 2.00 bits per heavy atom. The van der Waals surface area contributed by atoms with Crippen LogP contribution in [0.15, 0.2) is 0 Å². The van der Waals surface area contributed by atoms with E-state index in [2.05, 4.69) is 0 Å². The normalized spacial score (nSPS) is 20.2. The predicted octanol–water partition coefficient (Wildman–Crippen LogP) is 1.69. The topological polar surface area (TPSA) is 55.8 Å². The third kappa shape index (κ3) is 4.91. The molecule has 0 aromatic rings. The van der Waals surface area contributed by atoms with Crippen LogP contribution in [0.25, 0.3) is 0 Å². The van der Waals surface area contributed by atoms with Crippen molar-refractivity contribution in [3.05, 3.63) is 0 Å². The van der Waals surface area contributed by atoms with E-state index in [9.17, 15) is 18.0 Å². The molecule has 1 aliphatic heterocycles. The second-order valence-electron chi connectivity index (χ2n) is 4.03. The van der Waals surface area contributed by atoms with E-state index in [1.807, 2.05) is 0 Å². The minimum atomic E-state index is -4.76. The van der Waals surface area contributed by atoms with Gasteiger partial charge in [-0.2, -0.15) is 13.2 Å². The van der Waals surface area contributed by atoms with E-state index in [4.69, 9.17) is 14.6 Å². The van der Waals surface area contributed by atoms with Crippen molar-refractivity contribution in [2.75, 3.05) is 26.4 Å². The van der Waals surface area contributed by atoms with Gasteiger partial charge in [0.05, 0.1) is 6.61 Å². The minimum absolute atomic E-state index is 0.156. The molecule has 1 N–H and O–H groups in total. The Labute approximate surface area is 96.7 Å². The molecule has 0 amide bonds. The maximum atomic E-state index is 12.3. The smallest absolute Gasteiger partial charge is 0.404 e. The molecule has 1 atom stereocenters. The summed E-state index contributed by atoms with van der Waals surface area (Å²) in [6, 6.07) is 0. The van der Waals surface area contributed by atoms with Gasteiger partial charge < -0.3 is 14.6 Å². The van der Waals surface area contributed by atoms with Gasteiger partial charge in [-0.15, -0.1) is 0 Å². The van der Waals surface area contributed by atoms with Crippen LogP contribution in [-0.4, -0.2) is 43.7 Å². The second kappa shape index (κ2) is 6.20. The Hall–Kier alpha value is -0.820. The number of ether oxygens (including phenoxy) is 2. The summed E-state index contributed by atoms with van der Waals surface area (Å²) >= 11 is 0. The molecule has 0 radical (unpaired) electrons. The molecule has 1 unspecified atom stereocenters. The molecule has 0 spiro atoms. The Morgan fingerprint density at radius 1 is 1.41 bits per heavy atom. The molecule has 0 aromatic carbocycles. The van der Waals surface area contributed by atoms with Crippen LogP contribution in [0.3, 0.4) is 0 Å². The van der Waals surface area contributed by atoms with Gasteiger partial charge in [0, 0.05) is 19.8 Å². The van der Waals surface area contributed by atoms with Crippen LogP contribution in [0, 0.1) is 11.8 Å². The van der Waals surface area contributed by atoms with Gasteiger partial charge in [-0.05, 0) is 18.8 Å². The molecule has 1 fully saturated rings. The predicted molar refractivity (Wildman–Crippen MR) is 51.5 cm³/mol. The molecule has 100 valence electrons. The monoisotopic (exact) mass is 256 g/mol. The lowest BCUT2D eigenvalue weighted by atomic mass is 10.0. The summed E-state index contributed by atoms with van der Waals surface area (Å²) in [4.78, 5) is 10.4. The van der Waals surface area contributed by atoms with Crippen molar-refractivity contribution in [1.82, 2.24) is 0 Å². The number of carbonyl (C=O) groups is 1. The number of carboxylic acids is 1. The highest BCUT2D eigenvalue weighted by Gasteiger charge is 2.45. The second-order valence-corrected chi connectivity index (χ2v) is 4.03. The van der Waals surface area contributed by atoms with Crippen LogP contribution >= 0.6 is 0 Å². The fourth-order valence-corrected chi connectivity index (χ4v) is 1.57. The van der Waals surface area contributed by atoms with Gasteiger partial charge in [-0.1, -0.05) is 0 Å². The third-order valence-electron chi connectivity index (χ3n) is 2.67. The summed E-state index contributed by atoms with van der Waals surface area (Å²) in [5.41, 5.74) is 0. The standard InChI is InChI=1S/C10H15F3O4/c11-10(12,13)8(9(14)15)6-17-5-7-1-3-16-4-2-7/h7-8H,1-6H2,(H,14,15). The van der Waals surface area contributed by atoms with E-state index in [-0.39, 0.29) is 12.5 Å². The molecule has 7 heteroatoms. The molecule has 1 aliphatic rings. The molecule has 17 heavy (non-hydrogen) atoms. The summed E-state index contributed by atoms with van der Waals surface area (Å²) in [5.74, 6) is -4.18. The molecule has 0 aliphatic carbocycles. The van der Waals surface area contributed by atoms with Gasteiger partial charge in [-0.3, -0.25) is 4.79 Å². The van der Waals surface area contributed by atoms with Crippen molar-refractivity contribution < 1.29 is 32.5 Å². The van der Waals surface area contributed by atoms with E-state index in [0.29, 0.717) is 13.2 Å². The van der Waals surface area contributed by atoms with Crippen LogP contribution in [0.2, 0.25) is 0 Å². The molecule has 1 saturated heterocycles. The number of alkyl halides is 3. The first kappa shape index (κ1) is 14.2. The Bertz CT molecular complexity index is 248. The lowest BCUT2D eigenvalue weighted by molar-refractivity contribution is -0.203. The fourth-order valence-electron chi connectivity index (χ4n) is 1.57. The summed E-state index contributed by atoms with van der Waals surface area (Å²) in [6.07, 6.45) is -3.28.